The van der Waals surface area contributed by atoms with Gasteiger partial charge in [-0.3, -0.25) is 0 Å². The van der Waals surface area contributed by atoms with Crippen molar-refractivity contribution in [2.75, 3.05) is 0 Å². The highest BCUT2D eigenvalue weighted by Gasteiger charge is 1.99. The van der Waals surface area contributed by atoms with Crippen LogP contribution in [0.15, 0.2) is 30.8 Å². The summed E-state index contributed by atoms with van der Waals surface area (Å²) in [5.41, 5.74) is 2.32. The summed E-state index contributed by atoms with van der Waals surface area (Å²) in [5, 5.41) is 0.627. The van der Waals surface area contributed by atoms with Crippen molar-refractivity contribution >= 4 is 16.6 Å². The second kappa shape index (κ2) is 3.59. The van der Waals surface area contributed by atoms with Crippen LogP contribution in [-0.4, -0.2) is 0 Å². The van der Waals surface area contributed by atoms with Crippen molar-refractivity contribution in [2.24, 2.45) is 0 Å². The Morgan fingerprint density at radius 2 is 2.09 bits per heavy atom. The van der Waals surface area contributed by atoms with E-state index in [1.165, 1.54) is 5.56 Å². The van der Waals surface area contributed by atoms with Crippen LogP contribution >= 0.6 is 11.6 Å². The van der Waals surface area contributed by atoms with Crippen LogP contribution in [0, 0.1) is 0 Å². The molecule has 0 bridgehead atoms. The minimum Gasteiger partial charge on any atom is -0.0843 e. The summed E-state index contributed by atoms with van der Waals surface area (Å²) in [5.74, 6) is 0. The zero-order valence-electron chi connectivity index (χ0n) is 6.60. The molecule has 0 aromatic heterocycles. The predicted molar refractivity (Wildman–Crippen MR) is 50.7 cm³/mol. The zero-order chi connectivity index (χ0) is 8.27. The molecule has 0 fully saturated rings. The number of aryl methyl sites for hydroxylation is 1. The van der Waals surface area contributed by atoms with Crippen molar-refractivity contribution in [1.29, 1.82) is 0 Å². The van der Waals surface area contributed by atoms with Gasteiger partial charge in [0.15, 0.2) is 0 Å². The van der Waals surface area contributed by atoms with Crippen LogP contribution in [0.2, 0.25) is 0 Å². The van der Waals surface area contributed by atoms with Gasteiger partial charge in [-0.15, -0.1) is 0 Å². The molecule has 1 aromatic rings. The predicted octanol–water partition coefficient (Wildman–Crippen LogP) is 3.46. The van der Waals surface area contributed by atoms with E-state index >= 15 is 0 Å². The standard InChI is InChI=1S/C10H11Cl/c1-3-9-6-4-5-7-10(9)8(2)11/h4-7H,2-3H2,1H3. The fourth-order valence-corrected chi connectivity index (χ4v) is 1.28. The van der Waals surface area contributed by atoms with Crippen molar-refractivity contribution in [3.63, 3.8) is 0 Å². The first kappa shape index (κ1) is 8.35. The fourth-order valence-electron chi connectivity index (χ4n) is 1.09. The number of benzene rings is 1. The molecular formula is C10H11Cl. The third-order valence-corrected chi connectivity index (χ3v) is 1.89. The van der Waals surface area contributed by atoms with Gasteiger partial charge in [0.25, 0.3) is 0 Å². The summed E-state index contributed by atoms with van der Waals surface area (Å²) in [6, 6.07) is 8.06. The molecule has 1 rings (SSSR count). The molecule has 0 unspecified atom stereocenters. The van der Waals surface area contributed by atoms with Crippen molar-refractivity contribution in [3.8, 4) is 0 Å². The van der Waals surface area contributed by atoms with Gasteiger partial charge in [-0.05, 0) is 17.5 Å². The van der Waals surface area contributed by atoms with E-state index in [0.29, 0.717) is 5.03 Å². The molecule has 0 atom stereocenters. The first-order valence-electron chi connectivity index (χ1n) is 3.68. The SMILES string of the molecule is C=C(Cl)c1ccccc1CC. The van der Waals surface area contributed by atoms with Gasteiger partial charge in [0, 0.05) is 5.03 Å². The summed E-state index contributed by atoms with van der Waals surface area (Å²) >= 11 is 5.79. The average Bonchev–Trinajstić information content (AvgIpc) is 2.04. The quantitative estimate of drug-likeness (QED) is 0.631. The van der Waals surface area contributed by atoms with Crippen LogP contribution in [0.3, 0.4) is 0 Å². The Balaban J connectivity index is 3.12. The summed E-state index contributed by atoms with van der Waals surface area (Å²) < 4.78 is 0. The molecule has 0 N–H and O–H groups in total. The zero-order valence-corrected chi connectivity index (χ0v) is 7.36. The number of hydrogen-bond donors (Lipinski definition) is 0. The van der Waals surface area contributed by atoms with Crippen LogP contribution < -0.4 is 0 Å². The van der Waals surface area contributed by atoms with E-state index in [-0.39, 0.29) is 0 Å². The minimum atomic E-state index is 0.627. The number of halogens is 1. The molecule has 11 heavy (non-hydrogen) atoms. The maximum Gasteiger partial charge on any atom is 0.0409 e. The van der Waals surface area contributed by atoms with Crippen LogP contribution in [-0.2, 0) is 6.42 Å². The molecule has 1 aromatic carbocycles. The van der Waals surface area contributed by atoms with Crippen LogP contribution in [0.4, 0.5) is 0 Å². The lowest BCUT2D eigenvalue weighted by Gasteiger charge is -2.03. The van der Waals surface area contributed by atoms with Gasteiger partial charge in [0.05, 0.1) is 0 Å². The first-order valence-corrected chi connectivity index (χ1v) is 4.06. The summed E-state index contributed by atoms with van der Waals surface area (Å²) in [6.45, 7) is 5.81. The molecule has 0 amide bonds. The summed E-state index contributed by atoms with van der Waals surface area (Å²) in [4.78, 5) is 0. The first-order chi connectivity index (χ1) is 5.25. The maximum atomic E-state index is 5.79. The molecule has 0 radical (unpaired) electrons. The third-order valence-electron chi connectivity index (χ3n) is 1.69. The van der Waals surface area contributed by atoms with Gasteiger partial charge in [-0.2, -0.15) is 0 Å². The highest BCUT2D eigenvalue weighted by Crippen LogP contribution is 2.20. The molecule has 0 aliphatic rings. The lowest BCUT2D eigenvalue weighted by Crippen LogP contribution is -1.86. The molecule has 0 aliphatic heterocycles. The molecule has 1 heteroatoms. The number of rotatable bonds is 2. The highest BCUT2D eigenvalue weighted by molar-refractivity contribution is 6.48. The Morgan fingerprint density at radius 1 is 1.45 bits per heavy atom. The van der Waals surface area contributed by atoms with Gasteiger partial charge in [0.1, 0.15) is 0 Å². The van der Waals surface area contributed by atoms with E-state index in [9.17, 15) is 0 Å². The topological polar surface area (TPSA) is 0 Å². The van der Waals surface area contributed by atoms with Gasteiger partial charge < -0.3 is 0 Å². The molecule has 58 valence electrons. The van der Waals surface area contributed by atoms with Crippen molar-refractivity contribution in [1.82, 2.24) is 0 Å². The molecule has 0 heterocycles. The average molecular weight is 167 g/mol. The van der Waals surface area contributed by atoms with Gasteiger partial charge in [0.2, 0.25) is 0 Å². The molecule has 0 saturated carbocycles. The number of hydrogen-bond acceptors (Lipinski definition) is 0. The Labute approximate surface area is 72.5 Å². The minimum absolute atomic E-state index is 0.627. The van der Waals surface area contributed by atoms with Gasteiger partial charge >= 0.3 is 0 Å². The summed E-state index contributed by atoms with van der Waals surface area (Å²) in [7, 11) is 0. The fraction of sp³-hybridized carbons (Fsp3) is 0.200. The molecule has 0 nitrogen and oxygen atoms in total. The molecule has 0 aliphatic carbocycles. The second-order valence-corrected chi connectivity index (χ2v) is 2.87. The monoisotopic (exact) mass is 166 g/mol. The van der Waals surface area contributed by atoms with Crippen LogP contribution in [0.1, 0.15) is 18.1 Å². The van der Waals surface area contributed by atoms with E-state index in [0.717, 1.165) is 12.0 Å². The van der Waals surface area contributed by atoms with Gasteiger partial charge in [-0.25, -0.2) is 0 Å². The largest absolute Gasteiger partial charge is 0.0843 e. The molecule has 0 spiro atoms. The highest BCUT2D eigenvalue weighted by atomic mass is 35.5. The van der Waals surface area contributed by atoms with Crippen molar-refractivity contribution < 1.29 is 0 Å². The van der Waals surface area contributed by atoms with Crippen LogP contribution in [0.5, 0.6) is 0 Å². The van der Waals surface area contributed by atoms with E-state index in [1.54, 1.807) is 0 Å². The maximum absolute atomic E-state index is 5.79. The van der Waals surface area contributed by atoms with E-state index in [2.05, 4.69) is 19.6 Å². The normalized spacial score (nSPS) is 9.64. The van der Waals surface area contributed by atoms with Crippen molar-refractivity contribution in [2.45, 2.75) is 13.3 Å². The molecular weight excluding hydrogens is 156 g/mol. The van der Waals surface area contributed by atoms with Crippen LogP contribution in [0.25, 0.3) is 5.03 Å². The van der Waals surface area contributed by atoms with E-state index in [4.69, 9.17) is 11.6 Å². The van der Waals surface area contributed by atoms with E-state index < -0.39 is 0 Å². The Bertz CT molecular complexity index is 263. The Kier molecular flexibility index (Phi) is 2.72. The molecule has 0 saturated heterocycles. The lowest BCUT2D eigenvalue weighted by atomic mass is 10.1. The Morgan fingerprint density at radius 3 is 2.55 bits per heavy atom. The Hall–Kier alpha value is -0.750. The second-order valence-electron chi connectivity index (χ2n) is 2.42. The smallest absolute Gasteiger partial charge is 0.0409 e. The third kappa shape index (κ3) is 1.84. The lowest BCUT2D eigenvalue weighted by molar-refractivity contribution is 1.13. The van der Waals surface area contributed by atoms with Gasteiger partial charge in [-0.1, -0.05) is 49.4 Å². The summed E-state index contributed by atoms with van der Waals surface area (Å²) in [6.07, 6.45) is 1.00. The van der Waals surface area contributed by atoms with Crippen molar-refractivity contribution in [3.05, 3.63) is 42.0 Å². The van der Waals surface area contributed by atoms with E-state index in [1.807, 2.05) is 18.2 Å².